The van der Waals surface area contributed by atoms with Crippen molar-refractivity contribution in [2.45, 2.75) is 20.0 Å². The van der Waals surface area contributed by atoms with Gasteiger partial charge in [0.25, 0.3) is 0 Å². The summed E-state index contributed by atoms with van der Waals surface area (Å²) in [6.07, 6.45) is 1.41. The molecule has 1 aromatic carbocycles. The standard InChI is InChI=1S/C11H14O/c1-4-10-6-5-7-11(8(10)2)9(3)12/h4-7,9,12H,1H2,2-3H3. The fourth-order valence-electron chi connectivity index (χ4n) is 1.35. The zero-order chi connectivity index (χ0) is 9.14. The van der Waals surface area contributed by atoms with Crippen LogP contribution in [0.1, 0.15) is 29.7 Å². The highest BCUT2D eigenvalue weighted by atomic mass is 16.3. The van der Waals surface area contributed by atoms with Gasteiger partial charge in [0.1, 0.15) is 0 Å². The molecule has 1 N–H and O–H groups in total. The van der Waals surface area contributed by atoms with Crippen molar-refractivity contribution in [3.8, 4) is 0 Å². The highest BCUT2D eigenvalue weighted by Crippen LogP contribution is 2.20. The van der Waals surface area contributed by atoms with Crippen molar-refractivity contribution < 1.29 is 5.11 Å². The van der Waals surface area contributed by atoms with Crippen LogP contribution in [0, 0.1) is 6.92 Å². The Morgan fingerprint density at radius 1 is 1.50 bits per heavy atom. The summed E-state index contributed by atoms with van der Waals surface area (Å²) >= 11 is 0. The lowest BCUT2D eigenvalue weighted by atomic mass is 9.99. The maximum absolute atomic E-state index is 9.39. The maximum atomic E-state index is 9.39. The largest absolute Gasteiger partial charge is 0.389 e. The topological polar surface area (TPSA) is 20.2 Å². The minimum absolute atomic E-state index is 0.398. The Bertz CT molecular complexity index is 287. The molecule has 0 heterocycles. The third kappa shape index (κ3) is 1.56. The fraction of sp³-hybridized carbons (Fsp3) is 0.273. The van der Waals surface area contributed by atoms with E-state index in [4.69, 9.17) is 0 Å². The summed E-state index contributed by atoms with van der Waals surface area (Å²) in [6, 6.07) is 5.87. The van der Waals surface area contributed by atoms with Crippen LogP contribution in [0.15, 0.2) is 24.8 Å². The van der Waals surface area contributed by atoms with Crippen LogP contribution in [-0.2, 0) is 0 Å². The lowest BCUT2D eigenvalue weighted by Crippen LogP contribution is -1.96. The number of aliphatic hydroxyl groups is 1. The Morgan fingerprint density at radius 2 is 2.17 bits per heavy atom. The minimum atomic E-state index is -0.398. The van der Waals surface area contributed by atoms with Crippen molar-refractivity contribution >= 4 is 6.08 Å². The molecule has 1 unspecified atom stereocenters. The molecule has 0 saturated heterocycles. The number of hydrogen-bond acceptors (Lipinski definition) is 1. The minimum Gasteiger partial charge on any atom is -0.389 e. The average Bonchev–Trinajstić information content (AvgIpc) is 2.04. The first-order valence-corrected chi connectivity index (χ1v) is 4.07. The van der Waals surface area contributed by atoms with E-state index in [1.165, 1.54) is 0 Å². The molecule has 0 aliphatic rings. The smallest absolute Gasteiger partial charge is 0.0764 e. The Morgan fingerprint density at radius 3 is 2.67 bits per heavy atom. The average molecular weight is 162 g/mol. The predicted octanol–water partition coefficient (Wildman–Crippen LogP) is 2.69. The molecular weight excluding hydrogens is 148 g/mol. The predicted molar refractivity (Wildman–Crippen MR) is 51.9 cm³/mol. The first-order valence-electron chi connectivity index (χ1n) is 4.07. The van der Waals surface area contributed by atoms with E-state index < -0.39 is 6.10 Å². The van der Waals surface area contributed by atoms with Gasteiger partial charge in [-0.25, -0.2) is 0 Å². The van der Waals surface area contributed by atoms with Gasteiger partial charge in [0.05, 0.1) is 6.10 Å². The van der Waals surface area contributed by atoms with Gasteiger partial charge >= 0.3 is 0 Å². The van der Waals surface area contributed by atoms with Crippen LogP contribution in [0.3, 0.4) is 0 Å². The van der Waals surface area contributed by atoms with Crippen LogP contribution >= 0.6 is 0 Å². The van der Waals surface area contributed by atoms with Crippen LogP contribution < -0.4 is 0 Å². The highest BCUT2D eigenvalue weighted by molar-refractivity contribution is 5.54. The lowest BCUT2D eigenvalue weighted by Gasteiger charge is -2.10. The van der Waals surface area contributed by atoms with Gasteiger partial charge in [0, 0.05) is 0 Å². The molecule has 1 atom stereocenters. The van der Waals surface area contributed by atoms with Gasteiger partial charge in [-0.1, -0.05) is 30.9 Å². The molecule has 1 aromatic rings. The number of benzene rings is 1. The second-order valence-corrected chi connectivity index (χ2v) is 2.94. The van der Waals surface area contributed by atoms with E-state index in [9.17, 15) is 5.11 Å². The molecule has 12 heavy (non-hydrogen) atoms. The summed E-state index contributed by atoms with van der Waals surface area (Å²) in [7, 11) is 0. The highest BCUT2D eigenvalue weighted by Gasteiger charge is 2.05. The summed E-state index contributed by atoms with van der Waals surface area (Å²) in [5.41, 5.74) is 3.18. The molecule has 0 spiro atoms. The molecule has 1 heteroatoms. The first-order chi connectivity index (χ1) is 5.66. The van der Waals surface area contributed by atoms with Gasteiger partial charge in [0.15, 0.2) is 0 Å². The zero-order valence-electron chi connectivity index (χ0n) is 7.54. The Hall–Kier alpha value is -1.08. The van der Waals surface area contributed by atoms with E-state index in [0.29, 0.717) is 0 Å². The van der Waals surface area contributed by atoms with E-state index in [2.05, 4.69) is 6.58 Å². The summed E-state index contributed by atoms with van der Waals surface area (Å²) in [6.45, 7) is 7.48. The van der Waals surface area contributed by atoms with Crippen LogP contribution in [0.4, 0.5) is 0 Å². The molecule has 0 aromatic heterocycles. The summed E-state index contributed by atoms with van der Waals surface area (Å²) in [4.78, 5) is 0. The molecule has 64 valence electrons. The summed E-state index contributed by atoms with van der Waals surface area (Å²) in [5.74, 6) is 0. The summed E-state index contributed by atoms with van der Waals surface area (Å²) < 4.78 is 0. The lowest BCUT2D eigenvalue weighted by molar-refractivity contribution is 0.198. The van der Waals surface area contributed by atoms with Crippen LogP contribution in [-0.4, -0.2) is 5.11 Å². The molecule has 0 saturated carbocycles. The van der Waals surface area contributed by atoms with Crippen molar-refractivity contribution in [1.29, 1.82) is 0 Å². The van der Waals surface area contributed by atoms with Crippen LogP contribution in [0.5, 0.6) is 0 Å². The number of rotatable bonds is 2. The SMILES string of the molecule is C=Cc1cccc(C(C)O)c1C. The number of aliphatic hydroxyl groups excluding tert-OH is 1. The zero-order valence-corrected chi connectivity index (χ0v) is 7.54. The van der Waals surface area contributed by atoms with E-state index in [1.54, 1.807) is 13.0 Å². The Kier molecular flexibility index (Phi) is 2.66. The quantitative estimate of drug-likeness (QED) is 0.708. The van der Waals surface area contributed by atoms with Crippen LogP contribution in [0.25, 0.3) is 6.08 Å². The van der Waals surface area contributed by atoms with Gasteiger partial charge in [-0.2, -0.15) is 0 Å². The number of hydrogen-bond donors (Lipinski definition) is 1. The molecule has 0 radical (unpaired) electrons. The van der Waals surface area contributed by atoms with Crippen molar-refractivity contribution in [2.24, 2.45) is 0 Å². The summed E-state index contributed by atoms with van der Waals surface area (Å²) in [5, 5.41) is 9.39. The molecule has 0 aliphatic heterocycles. The first kappa shape index (κ1) is 9.01. The fourth-order valence-corrected chi connectivity index (χ4v) is 1.35. The van der Waals surface area contributed by atoms with Gasteiger partial charge in [0.2, 0.25) is 0 Å². The Balaban J connectivity index is 3.22. The van der Waals surface area contributed by atoms with Gasteiger partial charge in [-0.3, -0.25) is 0 Å². The van der Waals surface area contributed by atoms with Gasteiger partial charge in [-0.15, -0.1) is 0 Å². The van der Waals surface area contributed by atoms with Crippen molar-refractivity contribution in [3.63, 3.8) is 0 Å². The molecule has 0 bridgehead atoms. The Labute approximate surface area is 73.4 Å². The second kappa shape index (κ2) is 3.55. The van der Waals surface area contributed by atoms with E-state index in [0.717, 1.165) is 16.7 Å². The second-order valence-electron chi connectivity index (χ2n) is 2.94. The molecule has 0 aliphatic carbocycles. The normalized spacial score (nSPS) is 12.6. The van der Waals surface area contributed by atoms with Crippen molar-refractivity contribution in [3.05, 3.63) is 41.5 Å². The van der Waals surface area contributed by atoms with E-state index in [1.807, 2.05) is 25.1 Å². The third-order valence-electron chi connectivity index (χ3n) is 2.09. The molecule has 1 nitrogen and oxygen atoms in total. The monoisotopic (exact) mass is 162 g/mol. The molecule has 1 rings (SSSR count). The maximum Gasteiger partial charge on any atom is 0.0764 e. The molecular formula is C11H14O. The van der Waals surface area contributed by atoms with E-state index >= 15 is 0 Å². The van der Waals surface area contributed by atoms with Gasteiger partial charge in [-0.05, 0) is 30.5 Å². The van der Waals surface area contributed by atoms with Crippen LogP contribution in [0.2, 0.25) is 0 Å². The third-order valence-corrected chi connectivity index (χ3v) is 2.09. The van der Waals surface area contributed by atoms with Crippen molar-refractivity contribution in [1.82, 2.24) is 0 Å². The molecule has 0 fully saturated rings. The van der Waals surface area contributed by atoms with E-state index in [-0.39, 0.29) is 0 Å². The van der Waals surface area contributed by atoms with Crippen molar-refractivity contribution in [2.75, 3.05) is 0 Å². The molecule has 0 amide bonds. The van der Waals surface area contributed by atoms with Gasteiger partial charge < -0.3 is 5.11 Å².